The molecule has 5 rings (SSSR count). The predicted molar refractivity (Wildman–Crippen MR) is 192 cm³/mol. The number of para-hydroxylation sites is 1. The minimum absolute atomic E-state index is 0.0677. The molecule has 2 aliphatic rings. The average Bonchev–Trinajstić information content (AvgIpc) is 3.06. The van der Waals surface area contributed by atoms with E-state index in [1.54, 1.807) is 6.07 Å². The first-order valence-electron chi connectivity index (χ1n) is 17.2. The van der Waals surface area contributed by atoms with Crippen LogP contribution < -0.4 is 21.7 Å². The molecule has 49 heavy (non-hydrogen) atoms. The van der Waals surface area contributed by atoms with E-state index in [2.05, 4.69) is 31.6 Å². The highest BCUT2D eigenvalue weighted by Crippen LogP contribution is 2.36. The van der Waals surface area contributed by atoms with Crippen LogP contribution in [0.25, 0.3) is 10.9 Å². The minimum Gasteiger partial charge on any atom is -0.390 e. The van der Waals surface area contributed by atoms with Crippen molar-refractivity contribution in [1.82, 2.24) is 25.8 Å². The van der Waals surface area contributed by atoms with Crippen molar-refractivity contribution in [2.75, 3.05) is 26.2 Å². The van der Waals surface area contributed by atoms with Gasteiger partial charge in [-0.3, -0.25) is 19.2 Å². The standard InChI is InChI=1S/C31H38N4O3.C5H11NO.C2H5NO/c36-29(21-35-17-16-23-10-4-5-12-25(23)20-35)28(18-22-8-2-1-3-9-22)34-30(37)19-32-31(38)27-15-14-24-11-6-7-13-26(24)33-27;1-5(2,3)6-4-7;1-2(3)4/h1-3,6-9,11,13-15,23,25,28-29,36H,4-5,10,12,16-21H2,(H,32,38)(H,34,37);4H,1-3H3,(H,6,7);1H3,(H2,3,4)/t23-,25+,28-,29+;;/m0../s1. The van der Waals surface area contributed by atoms with E-state index in [9.17, 15) is 24.3 Å². The predicted octanol–water partition coefficient (Wildman–Crippen LogP) is 3.59. The van der Waals surface area contributed by atoms with Gasteiger partial charge in [0, 0.05) is 30.9 Å². The molecule has 3 aromatic rings. The van der Waals surface area contributed by atoms with Gasteiger partial charge in [0.25, 0.3) is 5.91 Å². The quantitative estimate of drug-likeness (QED) is 0.205. The third-order valence-electron chi connectivity index (χ3n) is 8.66. The largest absolute Gasteiger partial charge is 0.390 e. The number of likely N-dealkylation sites (tertiary alicyclic amines) is 1. The summed E-state index contributed by atoms with van der Waals surface area (Å²) >= 11 is 0. The molecule has 6 N–H and O–H groups in total. The van der Waals surface area contributed by atoms with E-state index in [1.807, 2.05) is 81.4 Å². The Labute approximate surface area is 290 Å². The number of hydrogen-bond acceptors (Lipinski definition) is 7. The molecule has 1 aliphatic heterocycles. The van der Waals surface area contributed by atoms with Crippen LogP contribution in [0.1, 0.15) is 75.9 Å². The Morgan fingerprint density at radius 1 is 0.980 bits per heavy atom. The third-order valence-corrected chi connectivity index (χ3v) is 8.66. The van der Waals surface area contributed by atoms with E-state index >= 15 is 0 Å². The second-order valence-corrected chi connectivity index (χ2v) is 14.0. The molecule has 1 saturated heterocycles. The molecule has 1 aliphatic carbocycles. The summed E-state index contributed by atoms with van der Waals surface area (Å²) in [5, 5.41) is 20.5. The van der Waals surface area contributed by atoms with Crippen molar-refractivity contribution in [3.63, 3.8) is 0 Å². The van der Waals surface area contributed by atoms with Gasteiger partial charge < -0.3 is 31.7 Å². The second-order valence-electron chi connectivity index (χ2n) is 14.0. The average molecular weight is 675 g/mol. The van der Waals surface area contributed by atoms with Gasteiger partial charge in [0.05, 0.1) is 24.2 Å². The zero-order chi connectivity index (χ0) is 35.8. The maximum Gasteiger partial charge on any atom is 0.270 e. The summed E-state index contributed by atoms with van der Waals surface area (Å²) in [5.41, 5.74) is 6.45. The number of rotatable bonds is 10. The fraction of sp³-hybridized carbons (Fsp3) is 0.500. The molecule has 2 heterocycles. The number of nitrogens with one attached hydrogen (secondary N) is 3. The molecule has 11 nitrogen and oxygen atoms in total. The molecule has 11 heteroatoms. The van der Waals surface area contributed by atoms with Crippen molar-refractivity contribution in [1.29, 1.82) is 0 Å². The van der Waals surface area contributed by atoms with Gasteiger partial charge in [0.1, 0.15) is 5.69 Å². The number of aliphatic hydroxyl groups excluding tert-OH is 1. The Hall–Kier alpha value is -4.35. The zero-order valence-electron chi connectivity index (χ0n) is 29.4. The molecule has 0 spiro atoms. The van der Waals surface area contributed by atoms with E-state index in [-0.39, 0.29) is 29.6 Å². The number of hydrogen-bond donors (Lipinski definition) is 5. The van der Waals surface area contributed by atoms with Crippen molar-refractivity contribution >= 4 is 35.0 Å². The number of fused-ring (bicyclic) bond motifs is 2. The number of carbonyl (C=O) groups is 4. The molecule has 1 saturated carbocycles. The number of nitrogens with two attached hydrogens (primary N) is 1. The Morgan fingerprint density at radius 3 is 2.29 bits per heavy atom. The first kappa shape index (κ1) is 39.1. The van der Waals surface area contributed by atoms with Gasteiger partial charge in [-0.25, -0.2) is 4.98 Å². The van der Waals surface area contributed by atoms with Crippen LogP contribution in [0.15, 0.2) is 66.7 Å². The van der Waals surface area contributed by atoms with Gasteiger partial charge >= 0.3 is 0 Å². The smallest absolute Gasteiger partial charge is 0.270 e. The fourth-order valence-corrected chi connectivity index (χ4v) is 6.26. The van der Waals surface area contributed by atoms with Crippen LogP contribution in [0.3, 0.4) is 0 Å². The maximum atomic E-state index is 12.9. The SMILES string of the molecule is CC(C)(C)NC=O.CC(N)=O.O=C(CNC(=O)c1ccc2ccccc2n1)N[C@@H](Cc1ccccc1)[C@H](O)CN1CC[C@@H]2CCCC[C@@H]2C1. The van der Waals surface area contributed by atoms with E-state index in [0.29, 0.717) is 19.4 Å². The van der Waals surface area contributed by atoms with Gasteiger partial charge in [0.15, 0.2) is 0 Å². The summed E-state index contributed by atoms with van der Waals surface area (Å²) < 4.78 is 0. The van der Waals surface area contributed by atoms with Gasteiger partial charge in [-0.1, -0.05) is 73.9 Å². The Balaban J connectivity index is 0.000000514. The molecule has 0 radical (unpaired) electrons. The van der Waals surface area contributed by atoms with Crippen molar-refractivity contribution in [3.05, 3.63) is 78.0 Å². The lowest BCUT2D eigenvalue weighted by atomic mass is 9.75. The third kappa shape index (κ3) is 14.3. The molecule has 0 bridgehead atoms. The number of nitrogens with zero attached hydrogens (tertiary/aromatic N) is 2. The molecule has 2 fully saturated rings. The highest BCUT2D eigenvalue weighted by atomic mass is 16.3. The number of primary amides is 1. The Morgan fingerprint density at radius 2 is 1.63 bits per heavy atom. The highest BCUT2D eigenvalue weighted by molar-refractivity contribution is 5.96. The van der Waals surface area contributed by atoms with Crippen LogP contribution in [0, 0.1) is 11.8 Å². The maximum absolute atomic E-state index is 12.9. The lowest BCUT2D eigenvalue weighted by Crippen LogP contribution is -2.53. The summed E-state index contributed by atoms with van der Waals surface area (Å²) in [7, 11) is 0. The van der Waals surface area contributed by atoms with Gasteiger partial charge in [-0.15, -0.1) is 0 Å². The number of pyridine rings is 1. The number of carbonyl (C=O) groups excluding carboxylic acids is 4. The number of piperidine rings is 1. The summed E-state index contributed by atoms with van der Waals surface area (Å²) in [6.07, 6.45) is 7.00. The molecule has 266 valence electrons. The Bertz CT molecular complexity index is 1490. The topological polar surface area (TPSA) is 167 Å². The first-order chi connectivity index (χ1) is 23.3. The zero-order valence-corrected chi connectivity index (χ0v) is 29.4. The van der Waals surface area contributed by atoms with Crippen molar-refractivity contribution in [3.8, 4) is 0 Å². The van der Waals surface area contributed by atoms with Crippen LogP contribution in [0.5, 0.6) is 0 Å². The van der Waals surface area contributed by atoms with E-state index in [1.165, 1.54) is 39.0 Å². The van der Waals surface area contributed by atoms with Crippen molar-refractivity contribution < 1.29 is 24.3 Å². The van der Waals surface area contributed by atoms with Crippen molar-refractivity contribution in [2.45, 2.75) is 83.9 Å². The first-order valence-corrected chi connectivity index (χ1v) is 17.2. The molecule has 1 aromatic heterocycles. The number of aromatic nitrogens is 1. The minimum atomic E-state index is -0.711. The van der Waals surface area contributed by atoms with Gasteiger partial charge in [-0.05, 0) is 76.1 Å². The molecule has 4 amide bonds. The summed E-state index contributed by atoms with van der Waals surface area (Å²) in [4.78, 5) is 51.3. The van der Waals surface area contributed by atoms with Crippen molar-refractivity contribution in [2.24, 2.45) is 17.6 Å². The number of amides is 4. The number of aliphatic hydroxyl groups is 1. The van der Waals surface area contributed by atoms with Crippen LogP contribution in [0.2, 0.25) is 0 Å². The van der Waals surface area contributed by atoms with Crippen LogP contribution >= 0.6 is 0 Å². The lowest BCUT2D eigenvalue weighted by molar-refractivity contribution is -0.122. The summed E-state index contributed by atoms with van der Waals surface area (Å²) in [6.45, 7) is 9.49. The van der Waals surface area contributed by atoms with Crippen LogP contribution in [-0.4, -0.2) is 83.0 Å². The normalized spacial score (nSPS) is 18.6. The van der Waals surface area contributed by atoms with E-state index < -0.39 is 18.1 Å². The fourth-order valence-electron chi connectivity index (χ4n) is 6.26. The van der Waals surface area contributed by atoms with Gasteiger partial charge in [-0.2, -0.15) is 0 Å². The molecule has 0 unspecified atom stereocenters. The number of β-amino-alcohol motifs (C(OH)–C–C–N with tert-alkyl or cyclic N) is 1. The molecular weight excluding hydrogens is 620 g/mol. The van der Waals surface area contributed by atoms with E-state index in [4.69, 9.17) is 0 Å². The lowest BCUT2D eigenvalue weighted by Gasteiger charge is -2.42. The molecular formula is C38H54N6O5. The number of benzene rings is 2. The summed E-state index contributed by atoms with van der Waals surface area (Å²) in [6, 6.07) is 20.5. The summed E-state index contributed by atoms with van der Waals surface area (Å²) in [5.74, 6) is 0.495. The van der Waals surface area contributed by atoms with Crippen LogP contribution in [-0.2, 0) is 20.8 Å². The Kier molecular flexibility index (Phi) is 15.6. The van der Waals surface area contributed by atoms with E-state index in [0.717, 1.165) is 41.4 Å². The van der Waals surface area contributed by atoms with Crippen LogP contribution in [0.4, 0.5) is 0 Å². The second kappa shape index (κ2) is 19.6. The highest BCUT2D eigenvalue weighted by Gasteiger charge is 2.33. The monoisotopic (exact) mass is 674 g/mol. The molecule has 4 atom stereocenters. The molecule has 2 aromatic carbocycles. The van der Waals surface area contributed by atoms with Gasteiger partial charge in [0.2, 0.25) is 18.2 Å².